The highest BCUT2D eigenvalue weighted by Gasteiger charge is 2.24. The van der Waals surface area contributed by atoms with Crippen molar-refractivity contribution < 1.29 is 9.53 Å². The maximum absolute atomic E-state index is 11.9. The third kappa shape index (κ3) is 4.61. The molecule has 1 aromatic carbocycles. The van der Waals surface area contributed by atoms with Crippen molar-refractivity contribution in [2.45, 2.75) is 51.7 Å². The summed E-state index contributed by atoms with van der Waals surface area (Å²) in [6.07, 6.45) is 3.91. The largest absolute Gasteiger partial charge is 0.490 e. The van der Waals surface area contributed by atoms with Crippen molar-refractivity contribution in [3.8, 4) is 5.75 Å². The van der Waals surface area contributed by atoms with Crippen LogP contribution in [-0.2, 0) is 4.79 Å². The Bertz CT molecular complexity index is 773. The van der Waals surface area contributed by atoms with Crippen molar-refractivity contribution in [2.24, 2.45) is 0 Å². The van der Waals surface area contributed by atoms with Crippen LogP contribution in [0.3, 0.4) is 0 Å². The highest BCUT2D eigenvalue weighted by atomic mass is 32.2. The van der Waals surface area contributed by atoms with Crippen molar-refractivity contribution in [1.82, 2.24) is 10.3 Å². The molecule has 26 heavy (non-hydrogen) atoms. The van der Waals surface area contributed by atoms with Gasteiger partial charge in [0.15, 0.2) is 0 Å². The number of aryl methyl sites for hydroxylation is 1. The van der Waals surface area contributed by atoms with Crippen molar-refractivity contribution >= 4 is 34.3 Å². The Morgan fingerprint density at radius 1 is 1.35 bits per heavy atom. The van der Waals surface area contributed by atoms with Gasteiger partial charge in [0.2, 0.25) is 5.91 Å². The molecule has 140 valence electrons. The minimum absolute atomic E-state index is 0.143. The standard InChI is InChI=1S/C20H27N3O2S/c1-3-26-12-19(24)23-14-7-9-15(10-8-14)25-18-6-4-5-17-20(18)16(21)11-13(2)22-17/h4-6,11,14-15H,3,7-10,12H2,1-2H3,(H2,21,22)(H,23,24). The Labute approximate surface area is 159 Å². The quantitative estimate of drug-likeness (QED) is 0.808. The molecule has 1 heterocycles. The highest BCUT2D eigenvalue weighted by Crippen LogP contribution is 2.33. The second-order valence-electron chi connectivity index (χ2n) is 6.80. The van der Waals surface area contributed by atoms with E-state index in [1.165, 1.54) is 0 Å². The molecule has 1 aromatic heterocycles. The van der Waals surface area contributed by atoms with Gasteiger partial charge in [0.1, 0.15) is 5.75 Å². The Balaban J connectivity index is 1.60. The fourth-order valence-corrected chi connectivity index (χ4v) is 3.96. The smallest absolute Gasteiger partial charge is 0.230 e. The molecule has 1 saturated carbocycles. The summed E-state index contributed by atoms with van der Waals surface area (Å²) in [5, 5.41) is 4.03. The number of hydrogen-bond acceptors (Lipinski definition) is 5. The summed E-state index contributed by atoms with van der Waals surface area (Å²) in [5.74, 6) is 2.47. The maximum atomic E-state index is 11.9. The third-order valence-electron chi connectivity index (χ3n) is 4.72. The normalized spacial score (nSPS) is 20.1. The average Bonchev–Trinajstić information content (AvgIpc) is 2.61. The summed E-state index contributed by atoms with van der Waals surface area (Å²) in [7, 11) is 0. The van der Waals surface area contributed by atoms with Crippen LogP contribution < -0.4 is 15.8 Å². The molecule has 0 atom stereocenters. The van der Waals surface area contributed by atoms with Crippen LogP contribution in [0.5, 0.6) is 5.75 Å². The Morgan fingerprint density at radius 2 is 2.12 bits per heavy atom. The average molecular weight is 374 g/mol. The molecule has 0 bridgehead atoms. The first kappa shape index (κ1) is 18.8. The van der Waals surface area contributed by atoms with Gasteiger partial charge in [0, 0.05) is 17.4 Å². The molecular formula is C20H27N3O2S. The van der Waals surface area contributed by atoms with Gasteiger partial charge in [0.05, 0.1) is 22.8 Å². The van der Waals surface area contributed by atoms with Gasteiger partial charge in [-0.15, -0.1) is 0 Å². The molecule has 6 heteroatoms. The van der Waals surface area contributed by atoms with Gasteiger partial charge in [-0.25, -0.2) is 0 Å². The summed E-state index contributed by atoms with van der Waals surface area (Å²) in [4.78, 5) is 16.4. The lowest BCUT2D eigenvalue weighted by atomic mass is 9.93. The Hall–Kier alpha value is -1.95. The molecule has 3 rings (SSSR count). The minimum Gasteiger partial charge on any atom is -0.490 e. The number of anilines is 1. The molecule has 1 amide bonds. The lowest BCUT2D eigenvalue weighted by molar-refractivity contribution is -0.119. The lowest BCUT2D eigenvalue weighted by Crippen LogP contribution is -2.40. The first-order valence-corrected chi connectivity index (χ1v) is 10.4. The van der Waals surface area contributed by atoms with E-state index in [2.05, 4.69) is 17.2 Å². The van der Waals surface area contributed by atoms with Gasteiger partial charge >= 0.3 is 0 Å². The zero-order valence-electron chi connectivity index (χ0n) is 15.5. The number of carbonyl (C=O) groups is 1. The van der Waals surface area contributed by atoms with Crippen molar-refractivity contribution in [2.75, 3.05) is 17.2 Å². The zero-order valence-corrected chi connectivity index (χ0v) is 16.3. The number of nitrogens with two attached hydrogens (primary N) is 1. The Morgan fingerprint density at radius 3 is 2.85 bits per heavy atom. The summed E-state index contributed by atoms with van der Waals surface area (Å²) >= 11 is 1.66. The molecule has 2 aromatic rings. The number of aromatic nitrogens is 1. The number of ether oxygens (including phenoxy) is 1. The summed E-state index contributed by atoms with van der Waals surface area (Å²) in [6.45, 7) is 4.01. The number of nitrogens with one attached hydrogen (secondary N) is 1. The summed E-state index contributed by atoms with van der Waals surface area (Å²) < 4.78 is 6.27. The molecule has 0 radical (unpaired) electrons. The van der Waals surface area contributed by atoms with Crippen LogP contribution in [0.4, 0.5) is 5.69 Å². The van der Waals surface area contributed by atoms with Gasteiger partial charge in [-0.1, -0.05) is 13.0 Å². The predicted octanol–water partition coefficient (Wildman–Crippen LogP) is 3.68. The van der Waals surface area contributed by atoms with Gasteiger partial charge in [-0.2, -0.15) is 11.8 Å². The molecule has 1 aliphatic carbocycles. The monoisotopic (exact) mass is 373 g/mol. The molecule has 0 saturated heterocycles. The van der Waals surface area contributed by atoms with E-state index in [1.54, 1.807) is 11.8 Å². The number of pyridine rings is 1. The number of fused-ring (bicyclic) bond motifs is 1. The molecular weight excluding hydrogens is 346 g/mol. The fourth-order valence-electron chi connectivity index (χ4n) is 3.49. The highest BCUT2D eigenvalue weighted by molar-refractivity contribution is 7.99. The number of thioether (sulfide) groups is 1. The lowest BCUT2D eigenvalue weighted by Gasteiger charge is -2.30. The van der Waals surface area contributed by atoms with Crippen LogP contribution in [0.2, 0.25) is 0 Å². The van der Waals surface area contributed by atoms with Crippen molar-refractivity contribution in [3.05, 3.63) is 30.0 Å². The zero-order chi connectivity index (χ0) is 18.5. The van der Waals surface area contributed by atoms with E-state index in [1.807, 2.05) is 31.2 Å². The topological polar surface area (TPSA) is 77.2 Å². The van der Waals surface area contributed by atoms with Crippen LogP contribution in [0.1, 0.15) is 38.3 Å². The summed E-state index contributed by atoms with van der Waals surface area (Å²) in [6, 6.07) is 8.04. The van der Waals surface area contributed by atoms with E-state index in [0.717, 1.165) is 53.8 Å². The van der Waals surface area contributed by atoms with Crippen LogP contribution in [0.15, 0.2) is 24.3 Å². The van der Waals surface area contributed by atoms with Gasteiger partial charge < -0.3 is 15.8 Å². The van der Waals surface area contributed by atoms with Crippen molar-refractivity contribution in [3.63, 3.8) is 0 Å². The van der Waals surface area contributed by atoms with Gasteiger partial charge in [0.25, 0.3) is 0 Å². The van der Waals surface area contributed by atoms with Crippen LogP contribution in [0.25, 0.3) is 10.9 Å². The molecule has 3 N–H and O–H groups in total. The van der Waals surface area contributed by atoms with Gasteiger partial charge in [-0.05, 0) is 56.6 Å². The Kier molecular flexibility index (Phi) is 6.25. The van der Waals surface area contributed by atoms with E-state index in [0.29, 0.717) is 11.4 Å². The molecule has 0 spiro atoms. The van der Waals surface area contributed by atoms with Crippen LogP contribution in [0, 0.1) is 6.92 Å². The number of benzene rings is 1. The third-order valence-corrected chi connectivity index (χ3v) is 5.60. The SMILES string of the molecule is CCSCC(=O)NC1CCC(Oc2cccc3nc(C)cc(N)c23)CC1. The number of carbonyl (C=O) groups excluding carboxylic acids is 1. The van der Waals surface area contributed by atoms with E-state index in [4.69, 9.17) is 10.5 Å². The van der Waals surface area contributed by atoms with E-state index in [9.17, 15) is 4.79 Å². The second kappa shape index (κ2) is 8.62. The minimum atomic E-state index is 0.143. The number of nitrogen functional groups attached to an aromatic ring is 1. The predicted molar refractivity (Wildman–Crippen MR) is 109 cm³/mol. The first-order chi connectivity index (χ1) is 12.6. The molecule has 5 nitrogen and oxygen atoms in total. The van der Waals surface area contributed by atoms with E-state index in [-0.39, 0.29) is 18.1 Å². The number of amides is 1. The van der Waals surface area contributed by atoms with Crippen LogP contribution in [-0.4, -0.2) is 34.5 Å². The molecule has 1 fully saturated rings. The molecule has 1 aliphatic rings. The first-order valence-electron chi connectivity index (χ1n) is 9.26. The second-order valence-corrected chi connectivity index (χ2v) is 8.07. The summed E-state index contributed by atoms with van der Waals surface area (Å²) in [5.41, 5.74) is 8.69. The fraction of sp³-hybridized carbons (Fsp3) is 0.500. The molecule has 0 unspecified atom stereocenters. The maximum Gasteiger partial charge on any atom is 0.230 e. The number of rotatable bonds is 6. The van der Waals surface area contributed by atoms with Crippen molar-refractivity contribution in [1.29, 1.82) is 0 Å². The number of hydrogen-bond donors (Lipinski definition) is 2. The molecule has 0 aliphatic heterocycles. The number of nitrogens with zero attached hydrogens (tertiary/aromatic N) is 1. The van der Waals surface area contributed by atoms with E-state index < -0.39 is 0 Å². The van der Waals surface area contributed by atoms with Crippen LogP contribution >= 0.6 is 11.8 Å². The van der Waals surface area contributed by atoms with Gasteiger partial charge in [-0.3, -0.25) is 9.78 Å². The van der Waals surface area contributed by atoms with E-state index >= 15 is 0 Å².